The van der Waals surface area contributed by atoms with Gasteiger partial charge < -0.3 is 9.47 Å². The molecule has 0 spiro atoms. The number of hydrogen-bond donors (Lipinski definition) is 0. The Hall–Kier alpha value is -1.38. The van der Waals surface area contributed by atoms with E-state index in [-0.39, 0.29) is 16.5 Å². The van der Waals surface area contributed by atoms with Gasteiger partial charge in [0.1, 0.15) is 0 Å². The molecule has 0 amide bonds. The number of halogens is 5. The van der Waals surface area contributed by atoms with Gasteiger partial charge in [0.15, 0.2) is 5.82 Å². The van der Waals surface area contributed by atoms with Gasteiger partial charge in [-0.1, -0.05) is 15.9 Å². The first-order chi connectivity index (χ1) is 8.78. The first kappa shape index (κ1) is 15.7. The summed E-state index contributed by atoms with van der Waals surface area (Å²) >= 11 is 3.02. The molecule has 0 N–H and O–H groups in total. The second kappa shape index (κ2) is 6.18. The molecule has 1 rings (SSSR count). The highest BCUT2D eigenvalue weighted by Gasteiger charge is 2.34. The molecule has 0 aliphatic carbocycles. The van der Waals surface area contributed by atoms with Crippen molar-refractivity contribution in [3.8, 4) is 5.88 Å². The Labute approximate surface area is 113 Å². The smallest absolute Gasteiger partial charge is 0.469 e. The summed E-state index contributed by atoms with van der Waals surface area (Å²) in [5.41, 5.74) is -0.0181. The van der Waals surface area contributed by atoms with E-state index in [4.69, 9.17) is 0 Å². The zero-order chi connectivity index (χ0) is 14.6. The standard InChI is InChI=1S/C10H8BrF4NO3/c1-18-7(17)2-6-5(3-11)4-16-9(8(6)12)19-10(13,14)15/h4H,2-3H2,1H3. The Morgan fingerprint density at radius 2 is 2.11 bits per heavy atom. The predicted molar refractivity (Wildman–Crippen MR) is 59.2 cm³/mol. The number of carbonyl (C=O) groups is 1. The Morgan fingerprint density at radius 1 is 1.47 bits per heavy atom. The maximum absolute atomic E-state index is 13.8. The number of hydrogen-bond acceptors (Lipinski definition) is 4. The van der Waals surface area contributed by atoms with Crippen LogP contribution in [0, 0.1) is 5.82 Å². The fraction of sp³-hybridized carbons (Fsp3) is 0.400. The fourth-order valence-corrected chi connectivity index (χ4v) is 1.73. The van der Waals surface area contributed by atoms with E-state index >= 15 is 0 Å². The van der Waals surface area contributed by atoms with Gasteiger partial charge in [0, 0.05) is 17.1 Å². The molecular formula is C10H8BrF4NO3. The van der Waals surface area contributed by atoms with Crippen molar-refractivity contribution in [2.24, 2.45) is 0 Å². The van der Waals surface area contributed by atoms with Gasteiger partial charge in [-0.25, -0.2) is 9.37 Å². The molecular weight excluding hydrogens is 338 g/mol. The molecule has 9 heteroatoms. The lowest BCUT2D eigenvalue weighted by Crippen LogP contribution is -2.20. The van der Waals surface area contributed by atoms with Crippen molar-refractivity contribution in [1.82, 2.24) is 4.98 Å². The molecule has 1 heterocycles. The second-order valence-electron chi connectivity index (χ2n) is 3.32. The monoisotopic (exact) mass is 345 g/mol. The Bertz CT molecular complexity index is 479. The molecule has 106 valence electrons. The first-order valence-electron chi connectivity index (χ1n) is 4.83. The molecule has 4 nitrogen and oxygen atoms in total. The highest BCUT2D eigenvalue weighted by atomic mass is 79.9. The maximum Gasteiger partial charge on any atom is 0.574 e. The number of esters is 1. The van der Waals surface area contributed by atoms with Crippen LogP contribution in [0.1, 0.15) is 11.1 Å². The highest BCUT2D eigenvalue weighted by Crippen LogP contribution is 2.28. The number of methoxy groups -OCH3 is 1. The van der Waals surface area contributed by atoms with E-state index < -0.39 is 30.4 Å². The number of rotatable bonds is 4. The van der Waals surface area contributed by atoms with Gasteiger partial charge in [-0.05, 0) is 5.56 Å². The van der Waals surface area contributed by atoms with Crippen LogP contribution >= 0.6 is 15.9 Å². The van der Waals surface area contributed by atoms with E-state index in [1.54, 1.807) is 0 Å². The second-order valence-corrected chi connectivity index (χ2v) is 3.88. The third-order valence-corrected chi connectivity index (χ3v) is 2.69. The van der Waals surface area contributed by atoms with Gasteiger partial charge in [0.05, 0.1) is 13.5 Å². The molecule has 0 saturated carbocycles. The summed E-state index contributed by atoms with van der Waals surface area (Å²) in [6, 6.07) is 0. The van der Waals surface area contributed by atoms with Gasteiger partial charge in [-0.15, -0.1) is 13.2 Å². The lowest BCUT2D eigenvalue weighted by Gasteiger charge is -2.12. The minimum absolute atomic E-state index is 0.121. The third-order valence-electron chi connectivity index (χ3n) is 2.08. The number of ether oxygens (including phenoxy) is 2. The van der Waals surface area contributed by atoms with Crippen molar-refractivity contribution in [1.29, 1.82) is 0 Å². The largest absolute Gasteiger partial charge is 0.574 e. The number of pyridine rings is 1. The van der Waals surface area contributed by atoms with Crippen LogP contribution in [0.15, 0.2) is 6.20 Å². The SMILES string of the molecule is COC(=O)Cc1c(CBr)cnc(OC(F)(F)F)c1F. The summed E-state index contributed by atoms with van der Waals surface area (Å²) < 4.78 is 57.7. The lowest BCUT2D eigenvalue weighted by atomic mass is 10.1. The molecule has 0 atom stereocenters. The van der Waals surface area contributed by atoms with Crippen molar-refractivity contribution in [3.05, 3.63) is 23.1 Å². The summed E-state index contributed by atoms with van der Waals surface area (Å²) in [6.07, 6.45) is -4.58. The van der Waals surface area contributed by atoms with Crippen LogP contribution in [0.2, 0.25) is 0 Å². The van der Waals surface area contributed by atoms with Gasteiger partial charge in [-0.3, -0.25) is 4.79 Å². The summed E-state index contributed by atoms with van der Waals surface area (Å²) in [5, 5.41) is 0.121. The first-order valence-corrected chi connectivity index (χ1v) is 5.95. The molecule has 0 radical (unpaired) electrons. The van der Waals surface area contributed by atoms with Crippen LogP contribution < -0.4 is 4.74 Å². The van der Waals surface area contributed by atoms with Crippen molar-refractivity contribution < 1.29 is 31.8 Å². The molecule has 0 aromatic carbocycles. The Balaban J connectivity index is 3.18. The average molecular weight is 346 g/mol. The van der Waals surface area contributed by atoms with Crippen LogP contribution in [-0.4, -0.2) is 24.4 Å². The topological polar surface area (TPSA) is 48.4 Å². The van der Waals surface area contributed by atoms with Crippen LogP contribution in [0.4, 0.5) is 17.6 Å². The molecule has 0 fully saturated rings. The molecule has 0 saturated heterocycles. The number of nitrogens with zero attached hydrogens (tertiary/aromatic N) is 1. The van der Waals surface area contributed by atoms with Crippen LogP contribution in [0.25, 0.3) is 0 Å². The van der Waals surface area contributed by atoms with E-state index in [1.807, 2.05) is 0 Å². The zero-order valence-corrected chi connectivity index (χ0v) is 11.1. The normalized spacial score (nSPS) is 11.3. The quantitative estimate of drug-likeness (QED) is 0.478. The summed E-state index contributed by atoms with van der Waals surface area (Å²) in [4.78, 5) is 14.3. The Kier molecular flexibility index (Phi) is 5.10. The summed E-state index contributed by atoms with van der Waals surface area (Å²) in [6.45, 7) is 0. The minimum atomic E-state index is -5.06. The van der Waals surface area contributed by atoms with Crippen molar-refractivity contribution >= 4 is 21.9 Å². The Morgan fingerprint density at radius 3 is 2.58 bits per heavy atom. The third kappa shape index (κ3) is 4.34. The fourth-order valence-electron chi connectivity index (χ4n) is 1.24. The van der Waals surface area contributed by atoms with Crippen molar-refractivity contribution in [2.45, 2.75) is 18.1 Å². The minimum Gasteiger partial charge on any atom is -0.469 e. The number of carbonyl (C=O) groups excluding carboxylic acids is 1. The zero-order valence-electron chi connectivity index (χ0n) is 9.55. The van der Waals surface area contributed by atoms with Crippen molar-refractivity contribution in [2.75, 3.05) is 7.11 Å². The van der Waals surface area contributed by atoms with E-state index in [9.17, 15) is 22.4 Å². The van der Waals surface area contributed by atoms with Gasteiger partial charge in [0.25, 0.3) is 5.88 Å². The maximum atomic E-state index is 13.8. The van der Waals surface area contributed by atoms with E-state index in [1.165, 1.54) is 0 Å². The van der Waals surface area contributed by atoms with Crippen LogP contribution in [0.5, 0.6) is 5.88 Å². The molecule has 0 unspecified atom stereocenters. The molecule has 0 bridgehead atoms. The van der Waals surface area contributed by atoms with E-state index in [0.29, 0.717) is 0 Å². The van der Waals surface area contributed by atoms with Crippen molar-refractivity contribution in [3.63, 3.8) is 0 Å². The van der Waals surface area contributed by atoms with Gasteiger partial charge >= 0.3 is 12.3 Å². The highest BCUT2D eigenvalue weighted by molar-refractivity contribution is 9.08. The average Bonchev–Trinajstić information content (AvgIpc) is 2.32. The summed E-state index contributed by atoms with van der Waals surface area (Å²) in [5.74, 6) is -3.35. The van der Waals surface area contributed by atoms with Crippen LogP contribution in [-0.2, 0) is 21.3 Å². The summed E-state index contributed by atoms with van der Waals surface area (Å²) in [7, 11) is 1.09. The predicted octanol–water partition coefficient (Wildman–Crippen LogP) is 2.73. The molecule has 0 aliphatic heterocycles. The number of alkyl halides is 4. The molecule has 0 aliphatic rings. The molecule has 19 heavy (non-hydrogen) atoms. The lowest BCUT2D eigenvalue weighted by molar-refractivity contribution is -0.277. The van der Waals surface area contributed by atoms with Gasteiger partial charge in [0.2, 0.25) is 0 Å². The number of aromatic nitrogens is 1. The van der Waals surface area contributed by atoms with Crippen LogP contribution in [0.3, 0.4) is 0 Å². The molecule has 1 aromatic heterocycles. The van der Waals surface area contributed by atoms with E-state index in [2.05, 4.69) is 30.4 Å². The van der Waals surface area contributed by atoms with Gasteiger partial charge in [-0.2, -0.15) is 0 Å². The molecule has 1 aromatic rings. The van der Waals surface area contributed by atoms with E-state index in [0.717, 1.165) is 13.3 Å².